The maximum absolute atomic E-state index is 12.3. The molecule has 5 heteroatoms. The van der Waals surface area contributed by atoms with Gasteiger partial charge in [0.25, 0.3) is 5.91 Å². The highest BCUT2D eigenvalue weighted by molar-refractivity contribution is 14.1. The van der Waals surface area contributed by atoms with Crippen LogP contribution in [-0.4, -0.2) is 25.1 Å². The summed E-state index contributed by atoms with van der Waals surface area (Å²) >= 11 is 2.13. The number of carbonyl (C=O) groups excluding carboxylic acids is 1. The van der Waals surface area contributed by atoms with Crippen molar-refractivity contribution in [1.29, 1.82) is 0 Å². The lowest BCUT2D eigenvalue weighted by molar-refractivity contribution is 0.0882. The van der Waals surface area contributed by atoms with E-state index >= 15 is 0 Å². The second-order valence-corrected chi connectivity index (χ2v) is 6.24. The van der Waals surface area contributed by atoms with Gasteiger partial charge in [-0.3, -0.25) is 4.79 Å². The van der Waals surface area contributed by atoms with E-state index in [1.165, 1.54) is 0 Å². The van der Waals surface area contributed by atoms with Crippen molar-refractivity contribution in [2.75, 3.05) is 13.7 Å². The third-order valence-corrected chi connectivity index (χ3v) is 4.41. The van der Waals surface area contributed by atoms with Gasteiger partial charge in [-0.2, -0.15) is 0 Å². The van der Waals surface area contributed by atoms with Gasteiger partial charge in [0.15, 0.2) is 0 Å². The highest BCUT2D eigenvalue weighted by atomic mass is 127. The summed E-state index contributed by atoms with van der Waals surface area (Å²) in [6.07, 6.45) is 0. The molecule has 1 rings (SSSR count). The maximum atomic E-state index is 12.3. The Bertz CT molecular complexity index is 463. The Hall–Kier alpha value is -0.820. The summed E-state index contributed by atoms with van der Waals surface area (Å²) in [6, 6.07) is 5.39. The van der Waals surface area contributed by atoms with E-state index in [0.717, 1.165) is 9.32 Å². The lowest BCUT2D eigenvalue weighted by atomic mass is 9.88. The quantitative estimate of drug-likeness (QED) is 0.776. The minimum Gasteiger partial charge on any atom is -0.497 e. The van der Waals surface area contributed by atoms with Crippen LogP contribution in [0.3, 0.4) is 0 Å². The zero-order chi connectivity index (χ0) is 14.6. The molecule has 1 aromatic carbocycles. The second-order valence-electron chi connectivity index (χ2n) is 5.08. The summed E-state index contributed by atoms with van der Waals surface area (Å²) in [5, 5.41) is 3.03. The lowest BCUT2D eigenvalue weighted by Crippen LogP contribution is -2.55. The molecular weight excluding hydrogens is 355 g/mol. The lowest BCUT2D eigenvalue weighted by Gasteiger charge is -2.33. The summed E-state index contributed by atoms with van der Waals surface area (Å²) in [5.41, 5.74) is 6.02. The monoisotopic (exact) mass is 376 g/mol. The van der Waals surface area contributed by atoms with E-state index in [1.54, 1.807) is 19.2 Å². The van der Waals surface area contributed by atoms with E-state index < -0.39 is 5.54 Å². The van der Waals surface area contributed by atoms with E-state index in [4.69, 9.17) is 10.5 Å². The van der Waals surface area contributed by atoms with Crippen molar-refractivity contribution >= 4 is 28.5 Å². The van der Waals surface area contributed by atoms with Crippen molar-refractivity contribution in [3.63, 3.8) is 0 Å². The fourth-order valence-corrected chi connectivity index (χ4v) is 2.30. The molecule has 4 nitrogen and oxygen atoms in total. The van der Waals surface area contributed by atoms with Crippen LogP contribution in [0.4, 0.5) is 0 Å². The summed E-state index contributed by atoms with van der Waals surface area (Å²) in [7, 11) is 1.61. The Balaban J connectivity index is 2.95. The summed E-state index contributed by atoms with van der Waals surface area (Å²) in [4.78, 5) is 12.3. The standard InChI is InChI=1S/C14H21IN2O2/c1-9(2)14(3,8-16)17-13(18)11-6-5-10(19-4)7-12(11)15/h5-7,9H,8,16H2,1-4H3,(H,17,18). The number of ether oxygens (including phenoxy) is 1. The number of carbonyl (C=O) groups is 1. The first kappa shape index (κ1) is 16.2. The highest BCUT2D eigenvalue weighted by Gasteiger charge is 2.29. The van der Waals surface area contributed by atoms with Crippen LogP contribution >= 0.6 is 22.6 Å². The molecule has 1 aromatic rings. The number of benzene rings is 1. The van der Waals surface area contributed by atoms with Crippen molar-refractivity contribution in [2.45, 2.75) is 26.3 Å². The third-order valence-electron chi connectivity index (χ3n) is 3.52. The van der Waals surface area contributed by atoms with Crippen molar-refractivity contribution < 1.29 is 9.53 Å². The average molecular weight is 376 g/mol. The van der Waals surface area contributed by atoms with Gasteiger partial charge in [0.1, 0.15) is 5.75 Å². The molecule has 0 radical (unpaired) electrons. The highest BCUT2D eigenvalue weighted by Crippen LogP contribution is 2.21. The van der Waals surface area contributed by atoms with E-state index in [9.17, 15) is 4.79 Å². The predicted octanol–water partition coefficient (Wildman–Crippen LogP) is 2.40. The molecule has 0 heterocycles. The zero-order valence-electron chi connectivity index (χ0n) is 11.8. The van der Waals surface area contributed by atoms with Gasteiger partial charge in [0, 0.05) is 10.1 Å². The molecule has 19 heavy (non-hydrogen) atoms. The molecule has 1 unspecified atom stereocenters. The van der Waals surface area contributed by atoms with Crippen LogP contribution in [0.15, 0.2) is 18.2 Å². The molecule has 3 N–H and O–H groups in total. The normalized spacial score (nSPS) is 14.1. The SMILES string of the molecule is COc1ccc(C(=O)NC(C)(CN)C(C)C)c(I)c1. The first-order chi connectivity index (χ1) is 8.84. The fraction of sp³-hybridized carbons (Fsp3) is 0.500. The number of nitrogens with two attached hydrogens (primary N) is 1. The van der Waals surface area contributed by atoms with Crippen LogP contribution in [0.2, 0.25) is 0 Å². The van der Waals surface area contributed by atoms with Gasteiger partial charge in [-0.05, 0) is 53.6 Å². The molecule has 0 aliphatic heterocycles. The average Bonchev–Trinajstić information content (AvgIpc) is 2.37. The Morgan fingerprint density at radius 2 is 2.16 bits per heavy atom. The number of halogens is 1. The van der Waals surface area contributed by atoms with E-state index in [-0.39, 0.29) is 11.8 Å². The molecule has 0 bridgehead atoms. The van der Waals surface area contributed by atoms with Crippen molar-refractivity contribution in [3.8, 4) is 5.75 Å². The van der Waals surface area contributed by atoms with E-state index in [1.807, 2.05) is 26.8 Å². The molecule has 1 atom stereocenters. The molecule has 1 amide bonds. The van der Waals surface area contributed by atoms with Gasteiger partial charge >= 0.3 is 0 Å². The van der Waals surface area contributed by atoms with Crippen LogP contribution in [0.1, 0.15) is 31.1 Å². The molecular formula is C14H21IN2O2. The summed E-state index contributed by atoms with van der Waals surface area (Å²) in [5.74, 6) is 0.900. The van der Waals surface area contributed by atoms with Gasteiger partial charge < -0.3 is 15.8 Å². The maximum Gasteiger partial charge on any atom is 0.252 e. The molecule has 0 aliphatic carbocycles. The Kier molecular flexibility index (Phi) is 5.61. The van der Waals surface area contributed by atoms with Gasteiger partial charge in [0.2, 0.25) is 0 Å². The molecule has 0 aromatic heterocycles. The fourth-order valence-electron chi connectivity index (χ4n) is 1.56. The van der Waals surface area contributed by atoms with Crippen LogP contribution in [0.25, 0.3) is 0 Å². The van der Waals surface area contributed by atoms with E-state index in [2.05, 4.69) is 27.9 Å². The molecule has 0 aliphatic rings. The molecule has 0 saturated carbocycles. The minimum absolute atomic E-state index is 0.103. The Labute approximate surface area is 128 Å². The van der Waals surface area contributed by atoms with E-state index in [0.29, 0.717) is 12.1 Å². The number of nitrogens with one attached hydrogen (secondary N) is 1. The first-order valence-electron chi connectivity index (χ1n) is 6.20. The molecule has 0 saturated heterocycles. The van der Waals surface area contributed by atoms with Gasteiger partial charge in [-0.15, -0.1) is 0 Å². The Morgan fingerprint density at radius 3 is 2.58 bits per heavy atom. The van der Waals surface area contributed by atoms with Crippen LogP contribution < -0.4 is 15.8 Å². The summed E-state index contributed by atoms with van der Waals surface area (Å²) < 4.78 is 5.99. The topological polar surface area (TPSA) is 64.3 Å². The first-order valence-corrected chi connectivity index (χ1v) is 7.28. The van der Waals surface area contributed by atoms with Crippen molar-refractivity contribution in [3.05, 3.63) is 27.3 Å². The number of hydrogen-bond donors (Lipinski definition) is 2. The number of amides is 1. The van der Waals surface area contributed by atoms with Crippen molar-refractivity contribution in [2.24, 2.45) is 11.7 Å². The smallest absolute Gasteiger partial charge is 0.252 e. The van der Waals surface area contributed by atoms with Crippen molar-refractivity contribution in [1.82, 2.24) is 5.32 Å². The minimum atomic E-state index is -0.403. The second kappa shape index (κ2) is 6.56. The zero-order valence-corrected chi connectivity index (χ0v) is 13.9. The van der Waals surface area contributed by atoms with Gasteiger partial charge in [-0.1, -0.05) is 13.8 Å². The van der Waals surface area contributed by atoms with Crippen LogP contribution in [0.5, 0.6) is 5.75 Å². The largest absolute Gasteiger partial charge is 0.497 e. The number of rotatable bonds is 5. The van der Waals surface area contributed by atoms with Gasteiger partial charge in [-0.25, -0.2) is 0 Å². The third kappa shape index (κ3) is 3.82. The van der Waals surface area contributed by atoms with Gasteiger partial charge in [0.05, 0.1) is 18.2 Å². The molecule has 0 spiro atoms. The number of methoxy groups -OCH3 is 1. The molecule has 106 valence electrons. The van der Waals surface area contributed by atoms with Crippen LogP contribution in [-0.2, 0) is 0 Å². The van der Waals surface area contributed by atoms with Crippen LogP contribution in [0, 0.1) is 9.49 Å². The summed E-state index contributed by atoms with van der Waals surface area (Å²) in [6.45, 7) is 6.47. The Morgan fingerprint density at radius 1 is 1.53 bits per heavy atom. The predicted molar refractivity (Wildman–Crippen MR) is 85.5 cm³/mol. The molecule has 0 fully saturated rings. The number of hydrogen-bond acceptors (Lipinski definition) is 3.